The number of benzene rings is 1. The molecule has 0 saturated heterocycles. The topological polar surface area (TPSA) is 39.1 Å². The fraction of sp³-hybridized carbons (Fsp3) is 0.308. The monoisotopic (exact) mass is 231 g/mol. The van der Waals surface area contributed by atoms with Crippen LogP contribution in [-0.4, -0.2) is 9.78 Å². The Labute approximate surface area is 101 Å². The molecule has 1 atom stereocenters. The van der Waals surface area contributed by atoms with Gasteiger partial charge in [-0.15, -0.1) is 0 Å². The van der Waals surface area contributed by atoms with Gasteiger partial charge in [0.15, 0.2) is 0 Å². The highest BCUT2D eigenvalue weighted by Gasteiger charge is 2.06. The van der Waals surface area contributed by atoms with E-state index < -0.39 is 0 Å². The van der Waals surface area contributed by atoms with Crippen molar-refractivity contribution in [3.05, 3.63) is 53.9 Å². The van der Waals surface area contributed by atoms with E-state index in [4.69, 9.17) is 4.84 Å². The Balaban J connectivity index is 1.79. The number of nitrogens with one attached hydrogen (secondary N) is 1. The molecule has 1 unspecified atom stereocenters. The summed E-state index contributed by atoms with van der Waals surface area (Å²) in [7, 11) is 1.90. The highest BCUT2D eigenvalue weighted by atomic mass is 16.6. The lowest BCUT2D eigenvalue weighted by Crippen LogP contribution is -2.18. The van der Waals surface area contributed by atoms with Gasteiger partial charge in [-0.1, -0.05) is 30.3 Å². The van der Waals surface area contributed by atoms with Crippen LogP contribution in [0.4, 0.5) is 0 Å². The second-order valence-corrected chi connectivity index (χ2v) is 4.06. The largest absolute Gasteiger partial charge is 0.296 e. The van der Waals surface area contributed by atoms with Crippen LogP contribution in [0.2, 0.25) is 0 Å². The molecule has 2 rings (SSSR count). The van der Waals surface area contributed by atoms with Crippen molar-refractivity contribution in [3.63, 3.8) is 0 Å². The van der Waals surface area contributed by atoms with Gasteiger partial charge in [-0.3, -0.25) is 9.52 Å². The van der Waals surface area contributed by atoms with E-state index in [1.807, 2.05) is 56.7 Å². The molecule has 1 N–H and O–H groups in total. The number of rotatable bonds is 5. The second-order valence-electron chi connectivity index (χ2n) is 4.06. The number of aryl methyl sites for hydroxylation is 1. The third-order valence-electron chi connectivity index (χ3n) is 2.57. The molecule has 0 fully saturated rings. The molecule has 1 heterocycles. The molecule has 17 heavy (non-hydrogen) atoms. The predicted molar refractivity (Wildman–Crippen MR) is 66.0 cm³/mol. The van der Waals surface area contributed by atoms with E-state index in [1.54, 1.807) is 4.68 Å². The first-order valence-electron chi connectivity index (χ1n) is 5.65. The highest BCUT2D eigenvalue weighted by Crippen LogP contribution is 2.10. The standard InChI is InChI=1S/C13H17N3O/c1-11(13-8-14-16(2)9-13)15-17-10-12-6-4-3-5-7-12/h3-9,11,15H,10H2,1-2H3. The van der Waals surface area contributed by atoms with Gasteiger partial charge in [0.05, 0.1) is 18.8 Å². The number of hydroxylamine groups is 1. The summed E-state index contributed by atoms with van der Waals surface area (Å²) >= 11 is 0. The molecule has 0 amide bonds. The van der Waals surface area contributed by atoms with Gasteiger partial charge < -0.3 is 0 Å². The number of hydrogen-bond donors (Lipinski definition) is 1. The van der Waals surface area contributed by atoms with Gasteiger partial charge in [0.25, 0.3) is 0 Å². The minimum atomic E-state index is 0.132. The van der Waals surface area contributed by atoms with Crippen LogP contribution in [0.1, 0.15) is 24.1 Å². The molecule has 0 spiro atoms. The van der Waals surface area contributed by atoms with Crippen LogP contribution in [0.25, 0.3) is 0 Å². The molecule has 2 aromatic rings. The first kappa shape index (κ1) is 11.8. The maximum atomic E-state index is 5.46. The summed E-state index contributed by atoms with van der Waals surface area (Å²) in [5.41, 5.74) is 5.27. The quantitative estimate of drug-likeness (QED) is 0.802. The van der Waals surface area contributed by atoms with Gasteiger partial charge in [0, 0.05) is 18.8 Å². The predicted octanol–water partition coefficient (Wildman–Crippen LogP) is 2.20. The molecule has 4 nitrogen and oxygen atoms in total. The normalized spacial score (nSPS) is 12.6. The zero-order chi connectivity index (χ0) is 12.1. The molecule has 0 bridgehead atoms. The van der Waals surface area contributed by atoms with Crippen LogP contribution < -0.4 is 5.48 Å². The van der Waals surface area contributed by atoms with E-state index in [-0.39, 0.29) is 6.04 Å². The lowest BCUT2D eigenvalue weighted by Gasteiger charge is -2.11. The third kappa shape index (κ3) is 3.41. The van der Waals surface area contributed by atoms with Gasteiger partial charge in [0.1, 0.15) is 0 Å². The van der Waals surface area contributed by atoms with Crippen molar-refractivity contribution in [2.75, 3.05) is 0 Å². The van der Waals surface area contributed by atoms with E-state index in [9.17, 15) is 0 Å². The van der Waals surface area contributed by atoms with Crippen molar-refractivity contribution in [2.24, 2.45) is 7.05 Å². The minimum absolute atomic E-state index is 0.132. The zero-order valence-electron chi connectivity index (χ0n) is 10.1. The average molecular weight is 231 g/mol. The van der Waals surface area contributed by atoms with Crippen molar-refractivity contribution in [2.45, 2.75) is 19.6 Å². The lowest BCUT2D eigenvalue weighted by molar-refractivity contribution is 0.00697. The van der Waals surface area contributed by atoms with Crippen LogP contribution in [0.3, 0.4) is 0 Å². The van der Waals surface area contributed by atoms with Crippen LogP contribution in [0.5, 0.6) is 0 Å². The Morgan fingerprint density at radius 1 is 1.35 bits per heavy atom. The van der Waals surface area contributed by atoms with Crippen molar-refractivity contribution >= 4 is 0 Å². The van der Waals surface area contributed by atoms with Crippen LogP contribution in [0.15, 0.2) is 42.7 Å². The van der Waals surface area contributed by atoms with Crippen molar-refractivity contribution in [1.29, 1.82) is 0 Å². The fourth-order valence-electron chi connectivity index (χ4n) is 1.56. The molecule has 1 aromatic carbocycles. The van der Waals surface area contributed by atoms with E-state index in [2.05, 4.69) is 10.6 Å². The minimum Gasteiger partial charge on any atom is -0.296 e. The summed E-state index contributed by atoms with van der Waals surface area (Å²) in [5.74, 6) is 0. The molecule has 90 valence electrons. The molecular formula is C13H17N3O. The van der Waals surface area contributed by atoms with E-state index in [0.29, 0.717) is 6.61 Å². The summed E-state index contributed by atoms with van der Waals surface area (Å²) in [6.45, 7) is 2.60. The van der Waals surface area contributed by atoms with E-state index in [0.717, 1.165) is 11.1 Å². The molecule has 0 radical (unpaired) electrons. The average Bonchev–Trinajstić information content (AvgIpc) is 2.77. The summed E-state index contributed by atoms with van der Waals surface area (Å²) < 4.78 is 1.78. The van der Waals surface area contributed by atoms with Crippen LogP contribution >= 0.6 is 0 Å². The zero-order valence-corrected chi connectivity index (χ0v) is 10.1. The van der Waals surface area contributed by atoms with Gasteiger partial charge in [-0.05, 0) is 12.5 Å². The Kier molecular flexibility index (Phi) is 3.90. The summed E-state index contributed by atoms with van der Waals surface area (Å²) in [6.07, 6.45) is 3.81. The van der Waals surface area contributed by atoms with E-state index >= 15 is 0 Å². The van der Waals surface area contributed by atoms with E-state index in [1.165, 1.54) is 0 Å². The highest BCUT2D eigenvalue weighted by molar-refractivity contribution is 5.13. The SMILES string of the molecule is CC(NOCc1ccccc1)c1cnn(C)c1. The first-order valence-corrected chi connectivity index (χ1v) is 5.65. The van der Waals surface area contributed by atoms with Crippen molar-refractivity contribution in [1.82, 2.24) is 15.3 Å². The molecule has 0 aliphatic heterocycles. The van der Waals surface area contributed by atoms with Gasteiger partial charge in [-0.2, -0.15) is 10.6 Å². The van der Waals surface area contributed by atoms with Crippen molar-refractivity contribution in [3.8, 4) is 0 Å². The van der Waals surface area contributed by atoms with Crippen LogP contribution in [-0.2, 0) is 18.5 Å². The summed E-state index contributed by atoms with van der Waals surface area (Å²) in [5, 5.41) is 4.13. The third-order valence-corrected chi connectivity index (χ3v) is 2.57. The van der Waals surface area contributed by atoms with Crippen molar-refractivity contribution < 1.29 is 4.84 Å². The number of aromatic nitrogens is 2. The lowest BCUT2D eigenvalue weighted by atomic mass is 10.2. The van der Waals surface area contributed by atoms with Gasteiger partial charge in [-0.25, -0.2) is 0 Å². The Morgan fingerprint density at radius 3 is 2.76 bits per heavy atom. The smallest absolute Gasteiger partial charge is 0.0933 e. The van der Waals surface area contributed by atoms with Gasteiger partial charge >= 0.3 is 0 Å². The Hall–Kier alpha value is -1.65. The second kappa shape index (κ2) is 5.61. The summed E-state index contributed by atoms with van der Waals surface area (Å²) in [6, 6.07) is 10.2. The van der Waals surface area contributed by atoms with Gasteiger partial charge in [0.2, 0.25) is 0 Å². The molecular weight excluding hydrogens is 214 g/mol. The molecule has 0 aliphatic carbocycles. The number of nitrogens with zero attached hydrogens (tertiary/aromatic N) is 2. The maximum absolute atomic E-state index is 5.46. The Bertz CT molecular complexity index is 453. The molecule has 1 aromatic heterocycles. The summed E-state index contributed by atoms with van der Waals surface area (Å²) in [4.78, 5) is 5.46. The molecule has 0 saturated carbocycles. The fourth-order valence-corrected chi connectivity index (χ4v) is 1.56. The maximum Gasteiger partial charge on any atom is 0.0933 e. The Morgan fingerprint density at radius 2 is 2.12 bits per heavy atom. The molecule has 0 aliphatic rings. The number of hydrogen-bond acceptors (Lipinski definition) is 3. The molecule has 4 heteroatoms. The first-order chi connectivity index (χ1) is 8.25. The van der Waals surface area contributed by atoms with Crippen LogP contribution in [0, 0.1) is 0 Å².